The number of halogens is 1. The van der Waals surface area contributed by atoms with Crippen molar-refractivity contribution in [2.45, 2.75) is 5.75 Å². The molecule has 0 radical (unpaired) electrons. The lowest BCUT2D eigenvalue weighted by Crippen LogP contribution is -2.16. The molecule has 0 aliphatic rings. The normalized spacial score (nSPS) is 10.8. The van der Waals surface area contributed by atoms with Crippen LogP contribution in [0.4, 0.5) is 10.2 Å². The zero-order valence-corrected chi connectivity index (χ0v) is 11.1. The highest BCUT2D eigenvalue weighted by atomic mass is 32.2. The Morgan fingerprint density at radius 1 is 1.20 bits per heavy atom. The SMILES string of the molecule is N#Cc1ccc(CS(=O)(=O)Nc2cccc(F)n2)cc1. The summed E-state index contributed by atoms with van der Waals surface area (Å²) in [5, 5.41) is 8.66. The van der Waals surface area contributed by atoms with Gasteiger partial charge in [0.1, 0.15) is 5.82 Å². The molecule has 20 heavy (non-hydrogen) atoms. The summed E-state index contributed by atoms with van der Waals surface area (Å²) in [5.74, 6) is -1.11. The molecule has 0 atom stereocenters. The third kappa shape index (κ3) is 3.76. The first kappa shape index (κ1) is 14.0. The molecule has 102 valence electrons. The number of nitriles is 1. The summed E-state index contributed by atoms with van der Waals surface area (Å²) >= 11 is 0. The Kier molecular flexibility index (Phi) is 3.96. The van der Waals surface area contributed by atoms with Crippen LogP contribution >= 0.6 is 0 Å². The molecule has 0 aliphatic carbocycles. The van der Waals surface area contributed by atoms with Gasteiger partial charge in [0, 0.05) is 0 Å². The van der Waals surface area contributed by atoms with Crippen LogP contribution in [-0.2, 0) is 15.8 Å². The molecular formula is C13H10FN3O2S. The van der Waals surface area contributed by atoms with Crippen LogP contribution in [0.15, 0.2) is 42.5 Å². The zero-order valence-electron chi connectivity index (χ0n) is 10.2. The first-order chi connectivity index (χ1) is 9.48. The van der Waals surface area contributed by atoms with Crippen LogP contribution in [-0.4, -0.2) is 13.4 Å². The van der Waals surface area contributed by atoms with Crippen LogP contribution in [0.5, 0.6) is 0 Å². The van der Waals surface area contributed by atoms with E-state index in [2.05, 4.69) is 9.71 Å². The second-order valence-electron chi connectivity index (χ2n) is 4.02. The van der Waals surface area contributed by atoms with Gasteiger partial charge in [0.05, 0.1) is 17.4 Å². The molecule has 2 aromatic rings. The smallest absolute Gasteiger partial charge is 0.238 e. The second-order valence-corrected chi connectivity index (χ2v) is 5.74. The maximum absolute atomic E-state index is 12.9. The monoisotopic (exact) mass is 291 g/mol. The second kappa shape index (κ2) is 5.67. The first-order valence-electron chi connectivity index (χ1n) is 5.60. The van der Waals surface area contributed by atoms with Crippen molar-refractivity contribution < 1.29 is 12.8 Å². The average molecular weight is 291 g/mol. The molecule has 1 N–H and O–H groups in total. The Bertz CT molecular complexity index is 752. The van der Waals surface area contributed by atoms with Crippen LogP contribution in [0.3, 0.4) is 0 Å². The predicted octanol–water partition coefficient (Wildman–Crippen LogP) is 2.03. The van der Waals surface area contributed by atoms with E-state index < -0.39 is 16.0 Å². The van der Waals surface area contributed by atoms with Gasteiger partial charge in [0.25, 0.3) is 0 Å². The lowest BCUT2D eigenvalue weighted by Gasteiger charge is -2.07. The van der Waals surface area contributed by atoms with E-state index in [1.165, 1.54) is 24.3 Å². The molecule has 0 aliphatic heterocycles. The van der Waals surface area contributed by atoms with Gasteiger partial charge < -0.3 is 0 Å². The van der Waals surface area contributed by atoms with Crippen molar-refractivity contribution in [3.8, 4) is 6.07 Å². The molecule has 5 nitrogen and oxygen atoms in total. The standard InChI is InChI=1S/C13H10FN3O2S/c14-12-2-1-3-13(16-12)17-20(18,19)9-11-6-4-10(8-15)5-7-11/h1-7H,9H2,(H,16,17). The molecule has 0 saturated carbocycles. The summed E-state index contributed by atoms with van der Waals surface area (Å²) in [6.07, 6.45) is 0. The van der Waals surface area contributed by atoms with Gasteiger partial charge in [-0.15, -0.1) is 0 Å². The summed E-state index contributed by atoms with van der Waals surface area (Å²) in [6.45, 7) is 0. The van der Waals surface area contributed by atoms with E-state index in [-0.39, 0.29) is 11.6 Å². The van der Waals surface area contributed by atoms with Crippen LogP contribution < -0.4 is 4.72 Å². The number of pyridine rings is 1. The Balaban J connectivity index is 2.13. The highest BCUT2D eigenvalue weighted by Gasteiger charge is 2.12. The maximum atomic E-state index is 12.9. The molecule has 0 fully saturated rings. The molecule has 0 bridgehead atoms. The molecular weight excluding hydrogens is 281 g/mol. The third-order valence-corrected chi connectivity index (χ3v) is 3.65. The highest BCUT2D eigenvalue weighted by Crippen LogP contribution is 2.11. The number of benzene rings is 1. The number of aromatic nitrogens is 1. The quantitative estimate of drug-likeness (QED) is 0.874. The molecule has 0 saturated heterocycles. The number of anilines is 1. The van der Waals surface area contributed by atoms with Gasteiger partial charge >= 0.3 is 0 Å². The first-order valence-corrected chi connectivity index (χ1v) is 7.26. The largest absolute Gasteiger partial charge is 0.267 e. The van der Waals surface area contributed by atoms with Gasteiger partial charge in [0.15, 0.2) is 0 Å². The Morgan fingerprint density at radius 2 is 1.90 bits per heavy atom. The lowest BCUT2D eigenvalue weighted by atomic mass is 10.2. The minimum absolute atomic E-state index is 0.0707. The van der Waals surface area contributed by atoms with Gasteiger partial charge in [0.2, 0.25) is 16.0 Å². The molecule has 0 spiro atoms. The van der Waals surface area contributed by atoms with Crippen molar-refractivity contribution in [1.29, 1.82) is 5.26 Å². The van der Waals surface area contributed by atoms with Crippen molar-refractivity contribution in [3.63, 3.8) is 0 Å². The zero-order chi connectivity index (χ0) is 14.6. The molecule has 1 aromatic heterocycles. The van der Waals surface area contributed by atoms with E-state index in [0.717, 1.165) is 6.07 Å². The Labute approximate surface area is 115 Å². The van der Waals surface area contributed by atoms with E-state index in [4.69, 9.17) is 5.26 Å². The molecule has 0 amide bonds. The predicted molar refractivity (Wildman–Crippen MR) is 71.6 cm³/mol. The lowest BCUT2D eigenvalue weighted by molar-refractivity contribution is 0.584. The summed E-state index contributed by atoms with van der Waals surface area (Å²) in [6, 6.07) is 12.0. The van der Waals surface area contributed by atoms with Gasteiger partial charge in [-0.2, -0.15) is 9.65 Å². The number of rotatable bonds is 4. The van der Waals surface area contributed by atoms with E-state index in [0.29, 0.717) is 11.1 Å². The molecule has 1 aromatic carbocycles. The minimum Gasteiger partial charge on any atom is -0.267 e. The average Bonchev–Trinajstić information content (AvgIpc) is 2.38. The van der Waals surface area contributed by atoms with E-state index in [1.54, 1.807) is 12.1 Å². The van der Waals surface area contributed by atoms with Crippen molar-refractivity contribution in [3.05, 3.63) is 59.5 Å². The summed E-state index contributed by atoms with van der Waals surface area (Å²) < 4.78 is 38.9. The number of hydrogen-bond donors (Lipinski definition) is 1. The maximum Gasteiger partial charge on any atom is 0.238 e. The molecule has 2 rings (SSSR count). The Morgan fingerprint density at radius 3 is 2.50 bits per heavy atom. The van der Waals surface area contributed by atoms with Crippen LogP contribution in [0.2, 0.25) is 0 Å². The number of nitrogens with zero attached hydrogens (tertiary/aromatic N) is 2. The van der Waals surface area contributed by atoms with Crippen LogP contribution in [0.1, 0.15) is 11.1 Å². The molecule has 0 unspecified atom stereocenters. The van der Waals surface area contributed by atoms with E-state index in [1.807, 2.05) is 6.07 Å². The molecule has 7 heteroatoms. The van der Waals surface area contributed by atoms with Gasteiger partial charge in [-0.3, -0.25) is 4.72 Å². The van der Waals surface area contributed by atoms with Crippen molar-refractivity contribution >= 4 is 15.8 Å². The summed E-state index contributed by atoms with van der Waals surface area (Å²) in [5.41, 5.74) is 0.971. The summed E-state index contributed by atoms with van der Waals surface area (Å²) in [7, 11) is -3.69. The fourth-order valence-electron chi connectivity index (χ4n) is 1.56. The Hall–Kier alpha value is -2.46. The number of sulfonamides is 1. The minimum atomic E-state index is -3.69. The van der Waals surface area contributed by atoms with E-state index in [9.17, 15) is 12.8 Å². The summed E-state index contributed by atoms with van der Waals surface area (Å²) in [4.78, 5) is 3.43. The molecule has 1 heterocycles. The van der Waals surface area contributed by atoms with Crippen LogP contribution in [0.25, 0.3) is 0 Å². The van der Waals surface area contributed by atoms with E-state index >= 15 is 0 Å². The fourth-order valence-corrected chi connectivity index (χ4v) is 2.69. The van der Waals surface area contributed by atoms with Crippen LogP contribution in [0, 0.1) is 17.3 Å². The van der Waals surface area contributed by atoms with Gasteiger partial charge in [-0.05, 0) is 29.8 Å². The fraction of sp³-hybridized carbons (Fsp3) is 0.0769. The van der Waals surface area contributed by atoms with Crippen molar-refractivity contribution in [2.24, 2.45) is 0 Å². The number of nitrogens with one attached hydrogen (secondary N) is 1. The van der Waals surface area contributed by atoms with Crippen molar-refractivity contribution in [1.82, 2.24) is 4.98 Å². The number of hydrogen-bond acceptors (Lipinski definition) is 4. The van der Waals surface area contributed by atoms with Gasteiger partial charge in [-0.1, -0.05) is 18.2 Å². The topological polar surface area (TPSA) is 82.8 Å². The highest BCUT2D eigenvalue weighted by molar-refractivity contribution is 7.91. The van der Waals surface area contributed by atoms with Gasteiger partial charge in [-0.25, -0.2) is 13.4 Å². The third-order valence-electron chi connectivity index (χ3n) is 2.41. The van der Waals surface area contributed by atoms with Crippen molar-refractivity contribution in [2.75, 3.05) is 4.72 Å².